The van der Waals surface area contributed by atoms with E-state index in [0.29, 0.717) is 15.6 Å². The predicted molar refractivity (Wildman–Crippen MR) is 164 cm³/mol. The third-order valence-electron chi connectivity index (χ3n) is 6.85. The van der Waals surface area contributed by atoms with Gasteiger partial charge < -0.3 is 15.2 Å². The fraction of sp³-hybridized carbons (Fsp3) is 0.276. The maximum absolute atomic E-state index is 14.1. The number of rotatable bonds is 9. The van der Waals surface area contributed by atoms with Crippen LogP contribution < -0.4 is 10.6 Å². The lowest BCUT2D eigenvalue weighted by atomic mass is 10.00. The van der Waals surface area contributed by atoms with Crippen molar-refractivity contribution in [2.75, 3.05) is 23.7 Å². The minimum atomic E-state index is -0.379. The number of thioether (sulfide) groups is 1. The van der Waals surface area contributed by atoms with E-state index in [4.69, 9.17) is 28.9 Å². The Kier molecular flexibility index (Phi) is 9.17. The molecule has 1 saturated heterocycles. The molecule has 2 aromatic heterocycles. The Morgan fingerprint density at radius 1 is 1.12 bits per heavy atom. The molecule has 5 rings (SSSR count). The Morgan fingerprint density at radius 3 is 2.62 bits per heavy atom. The molecule has 11 heteroatoms. The van der Waals surface area contributed by atoms with Crippen molar-refractivity contribution in [1.82, 2.24) is 14.5 Å². The van der Waals surface area contributed by atoms with Gasteiger partial charge >= 0.3 is 0 Å². The largest absolute Gasteiger partial charge is 0.369 e. The lowest BCUT2D eigenvalue weighted by Crippen LogP contribution is -2.47. The van der Waals surface area contributed by atoms with E-state index >= 15 is 0 Å². The van der Waals surface area contributed by atoms with E-state index in [1.807, 2.05) is 82.8 Å². The summed E-state index contributed by atoms with van der Waals surface area (Å²) in [6, 6.07) is 15.4. The van der Waals surface area contributed by atoms with Gasteiger partial charge in [-0.05, 0) is 48.7 Å². The van der Waals surface area contributed by atoms with Crippen LogP contribution in [0.2, 0.25) is 10.0 Å². The number of nitrogens with zero attached hydrogens (tertiary/aromatic N) is 4. The maximum atomic E-state index is 14.1. The Hall–Kier alpha value is -2.82. The Labute approximate surface area is 251 Å². The first kappa shape index (κ1) is 28.7. The van der Waals surface area contributed by atoms with Crippen LogP contribution in [0.4, 0.5) is 5.69 Å². The number of carbonyl (C=O) groups is 2. The molecule has 4 aromatic rings. The van der Waals surface area contributed by atoms with Gasteiger partial charge in [0.05, 0.1) is 27.2 Å². The lowest BCUT2D eigenvalue weighted by molar-refractivity contribution is -0.115. The summed E-state index contributed by atoms with van der Waals surface area (Å²) in [7, 11) is 1.96. The first-order chi connectivity index (χ1) is 19.3. The van der Waals surface area contributed by atoms with E-state index in [2.05, 4.69) is 9.88 Å². The van der Waals surface area contributed by atoms with Crippen molar-refractivity contribution in [3.8, 4) is 11.3 Å². The molecule has 0 saturated carbocycles. The highest BCUT2D eigenvalue weighted by molar-refractivity contribution is 8.01. The van der Waals surface area contributed by atoms with Crippen molar-refractivity contribution in [1.29, 1.82) is 0 Å². The quantitative estimate of drug-likeness (QED) is 0.223. The smallest absolute Gasteiger partial charge is 0.258 e. The van der Waals surface area contributed by atoms with Gasteiger partial charge in [0.1, 0.15) is 0 Å². The highest BCUT2D eigenvalue weighted by Gasteiger charge is 2.30. The number of thiazole rings is 1. The fourth-order valence-corrected chi connectivity index (χ4v) is 6.79. The van der Waals surface area contributed by atoms with Gasteiger partial charge in [0.25, 0.3) is 5.91 Å². The first-order valence-electron chi connectivity index (χ1n) is 12.9. The van der Waals surface area contributed by atoms with Crippen molar-refractivity contribution in [2.24, 2.45) is 12.8 Å². The van der Waals surface area contributed by atoms with Crippen LogP contribution in [0, 0.1) is 0 Å². The summed E-state index contributed by atoms with van der Waals surface area (Å²) >= 11 is 15.1. The molecule has 2 aromatic carbocycles. The van der Waals surface area contributed by atoms with E-state index < -0.39 is 0 Å². The summed E-state index contributed by atoms with van der Waals surface area (Å²) in [5, 5.41) is 3.06. The van der Waals surface area contributed by atoms with Crippen LogP contribution in [0.15, 0.2) is 70.6 Å². The van der Waals surface area contributed by atoms with Gasteiger partial charge in [-0.1, -0.05) is 53.2 Å². The third kappa shape index (κ3) is 6.90. The monoisotopic (exact) mass is 613 g/mol. The van der Waals surface area contributed by atoms with Gasteiger partial charge in [0.15, 0.2) is 4.34 Å². The molecule has 0 bridgehead atoms. The van der Waals surface area contributed by atoms with Crippen molar-refractivity contribution >= 4 is 63.8 Å². The molecule has 3 heterocycles. The number of carbonyl (C=O) groups excluding carboxylic acids is 2. The van der Waals surface area contributed by atoms with E-state index in [1.54, 1.807) is 0 Å². The number of primary amides is 1. The normalized spacial score (nSPS) is 14.4. The van der Waals surface area contributed by atoms with Crippen molar-refractivity contribution in [3.63, 3.8) is 0 Å². The van der Waals surface area contributed by atoms with Crippen LogP contribution in [0.5, 0.6) is 0 Å². The maximum Gasteiger partial charge on any atom is 0.258 e. The minimum Gasteiger partial charge on any atom is -0.369 e. The molecule has 1 aliphatic rings. The number of aromatic nitrogens is 2. The highest BCUT2D eigenvalue weighted by Crippen LogP contribution is 2.31. The first-order valence-corrected chi connectivity index (χ1v) is 15.5. The Morgan fingerprint density at radius 2 is 1.93 bits per heavy atom. The van der Waals surface area contributed by atoms with Crippen LogP contribution in [0.25, 0.3) is 11.3 Å². The number of halogens is 2. The molecule has 0 radical (unpaired) electrons. The van der Waals surface area contributed by atoms with Crippen LogP contribution in [0.3, 0.4) is 0 Å². The zero-order chi connectivity index (χ0) is 28.2. The fourth-order valence-electron chi connectivity index (χ4n) is 4.90. The number of piperidine rings is 1. The average molecular weight is 615 g/mol. The van der Waals surface area contributed by atoms with E-state index in [-0.39, 0.29) is 23.6 Å². The predicted octanol–water partition coefficient (Wildman–Crippen LogP) is 6.34. The van der Waals surface area contributed by atoms with Crippen LogP contribution in [-0.4, -0.2) is 51.1 Å². The Bertz CT molecular complexity index is 1510. The second-order valence-electron chi connectivity index (χ2n) is 9.80. The Balaban J connectivity index is 1.32. The SMILES string of the molecule is Cn1ccc(N(C(=O)c2cccc(-c3csc(SCC(N)=O)n3)c2)C2CCN(Cc3ccc(Cl)c(Cl)c3)CC2)c1. The zero-order valence-electron chi connectivity index (χ0n) is 21.9. The number of anilines is 1. The van der Waals surface area contributed by atoms with Gasteiger partial charge in [-0.25, -0.2) is 4.98 Å². The van der Waals surface area contributed by atoms with Crippen LogP contribution >= 0.6 is 46.3 Å². The molecule has 1 aliphatic heterocycles. The average Bonchev–Trinajstić information content (AvgIpc) is 3.60. The van der Waals surface area contributed by atoms with Gasteiger partial charge in [-0.3, -0.25) is 14.5 Å². The summed E-state index contributed by atoms with van der Waals surface area (Å²) in [6.07, 6.45) is 5.67. The number of hydrogen-bond donors (Lipinski definition) is 1. The highest BCUT2D eigenvalue weighted by atomic mass is 35.5. The molecule has 208 valence electrons. The number of aryl methyl sites for hydroxylation is 1. The number of hydrogen-bond acceptors (Lipinski definition) is 6. The van der Waals surface area contributed by atoms with Gasteiger partial charge in [0.2, 0.25) is 5.91 Å². The molecule has 0 atom stereocenters. The molecular weight excluding hydrogens is 585 g/mol. The van der Waals surface area contributed by atoms with Gasteiger partial charge in [-0.15, -0.1) is 11.3 Å². The van der Waals surface area contributed by atoms with Gasteiger partial charge in [-0.2, -0.15) is 0 Å². The minimum absolute atomic E-state index is 0.0328. The van der Waals surface area contributed by atoms with E-state index in [1.165, 1.54) is 23.1 Å². The molecule has 0 aliphatic carbocycles. The summed E-state index contributed by atoms with van der Waals surface area (Å²) < 4.78 is 2.73. The second-order valence-corrected chi connectivity index (χ2v) is 12.7. The summed E-state index contributed by atoms with van der Waals surface area (Å²) in [5.41, 5.74) is 9.52. The summed E-state index contributed by atoms with van der Waals surface area (Å²) in [6.45, 7) is 2.52. The molecule has 2 N–H and O–H groups in total. The molecule has 0 unspecified atom stereocenters. The van der Waals surface area contributed by atoms with Crippen molar-refractivity contribution in [2.45, 2.75) is 29.8 Å². The second kappa shape index (κ2) is 12.8. The van der Waals surface area contributed by atoms with E-state index in [9.17, 15) is 9.59 Å². The van der Waals surface area contributed by atoms with Crippen LogP contribution in [-0.2, 0) is 18.4 Å². The van der Waals surface area contributed by atoms with E-state index in [0.717, 1.165) is 59.3 Å². The topological polar surface area (TPSA) is 84.5 Å². The number of likely N-dealkylation sites (tertiary alicyclic amines) is 1. The van der Waals surface area contributed by atoms with Crippen LogP contribution in [0.1, 0.15) is 28.8 Å². The number of benzene rings is 2. The number of amides is 2. The lowest BCUT2D eigenvalue weighted by Gasteiger charge is -2.38. The summed E-state index contributed by atoms with van der Waals surface area (Å²) in [4.78, 5) is 34.2. The number of nitrogens with two attached hydrogens (primary N) is 1. The van der Waals surface area contributed by atoms with Gasteiger partial charge in [0, 0.05) is 61.6 Å². The van der Waals surface area contributed by atoms with Crippen molar-refractivity contribution < 1.29 is 9.59 Å². The molecule has 40 heavy (non-hydrogen) atoms. The zero-order valence-corrected chi connectivity index (χ0v) is 25.1. The molecule has 2 amide bonds. The molecular formula is C29H29Cl2N5O2S2. The molecule has 0 spiro atoms. The van der Waals surface area contributed by atoms with Crippen molar-refractivity contribution in [3.05, 3.63) is 87.5 Å². The third-order valence-corrected chi connectivity index (χ3v) is 9.63. The molecule has 7 nitrogen and oxygen atoms in total. The standard InChI is InChI=1S/C29H29Cl2N5O2S2/c1-34-10-7-23(16-34)36(22-8-11-35(12-9-22)15-19-5-6-24(30)25(31)13-19)28(38)21-4-2-3-20(14-21)26-17-39-29(33-26)40-18-27(32)37/h2-7,10,13-14,16-17,22H,8-9,11-12,15,18H2,1H3,(H2,32,37). The summed E-state index contributed by atoms with van der Waals surface area (Å²) in [5.74, 6) is -0.228. The molecule has 1 fully saturated rings.